The number of rotatable bonds is 6. The predicted octanol–water partition coefficient (Wildman–Crippen LogP) is 3.35. The molecule has 0 unspecified atom stereocenters. The van der Waals surface area contributed by atoms with Gasteiger partial charge in [-0.1, -0.05) is 36.4 Å². The maximum absolute atomic E-state index is 11.9. The summed E-state index contributed by atoms with van der Waals surface area (Å²) in [4.78, 5) is 22.7. The van der Waals surface area contributed by atoms with Crippen molar-refractivity contribution in [2.45, 2.75) is 13.0 Å². The molecule has 28 heavy (non-hydrogen) atoms. The van der Waals surface area contributed by atoms with E-state index in [1.54, 1.807) is 61.5 Å². The van der Waals surface area contributed by atoms with Crippen molar-refractivity contribution in [2.75, 3.05) is 0 Å². The summed E-state index contributed by atoms with van der Waals surface area (Å²) in [5, 5.41) is 25.0. The van der Waals surface area contributed by atoms with E-state index in [-0.39, 0.29) is 5.69 Å². The lowest BCUT2D eigenvalue weighted by Crippen LogP contribution is -2.25. The molecule has 8 heteroatoms. The van der Waals surface area contributed by atoms with Crippen LogP contribution in [0.2, 0.25) is 0 Å². The number of nitrogens with one attached hydrogen (secondary N) is 1. The first-order chi connectivity index (χ1) is 13.5. The molecule has 0 aliphatic rings. The van der Waals surface area contributed by atoms with Crippen molar-refractivity contribution in [3.63, 3.8) is 0 Å². The van der Waals surface area contributed by atoms with Gasteiger partial charge in [-0.2, -0.15) is 5.10 Å². The van der Waals surface area contributed by atoms with Crippen LogP contribution in [-0.2, 0) is 4.79 Å². The van der Waals surface area contributed by atoms with E-state index >= 15 is 0 Å². The molecule has 3 aromatic rings. The average molecular weight is 379 g/mol. The maximum atomic E-state index is 11.9. The number of carbonyl (C=O) groups is 1. The average Bonchev–Trinajstić information content (AvgIpc) is 3.16. The first-order valence-corrected chi connectivity index (χ1v) is 8.37. The number of aryl methyl sites for hydroxylation is 1. The van der Waals surface area contributed by atoms with Gasteiger partial charge in [0.1, 0.15) is 11.5 Å². The van der Waals surface area contributed by atoms with Crippen molar-refractivity contribution < 1.29 is 19.2 Å². The molecule has 0 saturated heterocycles. The van der Waals surface area contributed by atoms with Gasteiger partial charge >= 0.3 is 0 Å². The first kappa shape index (κ1) is 19.0. The zero-order valence-corrected chi connectivity index (χ0v) is 14.9. The minimum atomic E-state index is -1.35. The Morgan fingerprint density at radius 2 is 1.96 bits per heavy atom. The summed E-state index contributed by atoms with van der Waals surface area (Å²) in [5.74, 6) is -0.0911. The van der Waals surface area contributed by atoms with E-state index in [0.29, 0.717) is 22.6 Å². The fourth-order valence-corrected chi connectivity index (χ4v) is 2.58. The second kappa shape index (κ2) is 8.28. The smallest absolute Gasteiger partial charge is 0.280 e. The molecule has 0 aliphatic carbocycles. The molecule has 0 spiro atoms. The summed E-state index contributed by atoms with van der Waals surface area (Å²) in [6.45, 7) is 1.77. The highest BCUT2D eigenvalue weighted by molar-refractivity contribution is 5.84. The summed E-state index contributed by atoms with van der Waals surface area (Å²) >= 11 is 0. The van der Waals surface area contributed by atoms with Crippen LogP contribution in [0.15, 0.2) is 70.2 Å². The van der Waals surface area contributed by atoms with E-state index in [0.717, 1.165) is 5.56 Å². The van der Waals surface area contributed by atoms with E-state index in [1.807, 2.05) is 0 Å². The molecule has 0 radical (unpaired) electrons. The molecule has 2 aromatic carbocycles. The molecule has 0 aliphatic heterocycles. The van der Waals surface area contributed by atoms with E-state index in [2.05, 4.69) is 10.5 Å². The Hall–Kier alpha value is -3.78. The number of nitro groups is 1. The van der Waals surface area contributed by atoms with Crippen LogP contribution in [0.1, 0.15) is 23.0 Å². The lowest BCUT2D eigenvalue weighted by Gasteiger charge is -2.08. The van der Waals surface area contributed by atoms with Gasteiger partial charge in [-0.25, -0.2) is 5.43 Å². The van der Waals surface area contributed by atoms with Crippen LogP contribution in [-0.4, -0.2) is 22.2 Å². The van der Waals surface area contributed by atoms with Crippen LogP contribution in [0.3, 0.4) is 0 Å². The molecule has 1 amide bonds. The van der Waals surface area contributed by atoms with Crippen molar-refractivity contribution in [1.29, 1.82) is 0 Å². The van der Waals surface area contributed by atoms with Crippen molar-refractivity contribution >= 4 is 17.8 Å². The van der Waals surface area contributed by atoms with Gasteiger partial charge in [-0.15, -0.1) is 0 Å². The molecule has 0 saturated carbocycles. The quantitative estimate of drug-likeness (QED) is 0.387. The zero-order chi connectivity index (χ0) is 20.1. The van der Waals surface area contributed by atoms with Crippen LogP contribution >= 0.6 is 0 Å². The number of hydrogen-bond donors (Lipinski definition) is 2. The van der Waals surface area contributed by atoms with E-state index in [1.165, 1.54) is 12.3 Å². The molecular weight excluding hydrogens is 362 g/mol. The minimum Gasteiger partial charge on any atom is -0.455 e. The number of hydrogen-bond acceptors (Lipinski definition) is 6. The molecule has 3 rings (SSSR count). The van der Waals surface area contributed by atoms with Crippen LogP contribution in [0.4, 0.5) is 5.69 Å². The largest absolute Gasteiger partial charge is 0.455 e. The fourth-order valence-electron chi connectivity index (χ4n) is 2.58. The summed E-state index contributed by atoms with van der Waals surface area (Å²) in [6.07, 6.45) is -0.0974. The number of furan rings is 1. The van der Waals surface area contributed by atoms with Gasteiger partial charge in [0.15, 0.2) is 6.10 Å². The SMILES string of the molecule is Cc1ccc(-c2ccc(/C=N\NC(=O)[C@@H](O)c3ccccc3)o2)c([N+](=O)[O-])c1. The van der Waals surface area contributed by atoms with E-state index in [4.69, 9.17) is 4.42 Å². The zero-order valence-electron chi connectivity index (χ0n) is 14.9. The number of nitro benzene ring substituents is 1. The van der Waals surface area contributed by atoms with Gasteiger partial charge in [0.2, 0.25) is 0 Å². The number of aliphatic hydroxyl groups is 1. The van der Waals surface area contributed by atoms with Gasteiger partial charge in [-0.3, -0.25) is 14.9 Å². The normalized spacial score (nSPS) is 12.1. The summed E-state index contributed by atoms with van der Waals surface area (Å²) < 4.78 is 5.56. The lowest BCUT2D eigenvalue weighted by atomic mass is 10.1. The van der Waals surface area contributed by atoms with Gasteiger partial charge in [-0.05, 0) is 36.2 Å². The number of nitrogens with zero attached hydrogens (tertiary/aromatic N) is 2. The summed E-state index contributed by atoms with van der Waals surface area (Å²) in [6, 6.07) is 16.4. The third-order valence-electron chi connectivity index (χ3n) is 3.97. The van der Waals surface area contributed by atoms with Crippen LogP contribution < -0.4 is 5.43 Å². The molecule has 142 valence electrons. The number of amides is 1. The third-order valence-corrected chi connectivity index (χ3v) is 3.97. The maximum Gasteiger partial charge on any atom is 0.280 e. The second-order valence-electron chi connectivity index (χ2n) is 6.03. The molecule has 8 nitrogen and oxygen atoms in total. The van der Waals surface area contributed by atoms with Crippen LogP contribution in [0, 0.1) is 17.0 Å². The summed E-state index contributed by atoms with van der Waals surface area (Å²) in [5.41, 5.74) is 3.73. The molecule has 0 fully saturated rings. The Bertz CT molecular complexity index is 1030. The molecular formula is C20H17N3O5. The highest BCUT2D eigenvalue weighted by atomic mass is 16.6. The molecule has 1 heterocycles. The molecule has 1 atom stereocenters. The molecule has 1 aromatic heterocycles. The Morgan fingerprint density at radius 1 is 1.21 bits per heavy atom. The third kappa shape index (κ3) is 4.30. The number of aliphatic hydroxyl groups excluding tert-OH is 1. The lowest BCUT2D eigenvalue weighted by molar-refractivity contribution is -0.384. The Morgan fingerprint density at radius 3 is 2.68 bits per heavy atom. The highest BCUT2D eigenvalue weighted by Crippen LogP contribution is 2.31. The van der Waals surface area contributed by atoms with Crippen molar-refractivity contribution in [3.8, 4) is 11.3 Å². The Kier molecular flexibility index (Phi) is 5.61. The van der Waals surface area contributed by atoms with Crippen LogP contribution in [0.25, 0.3) is 11.3 Å². The van der Waals surface area contributed by atoms with Gasteiger partial charge in [0.25, 0.3) is 11.6 Å². The molecule has 0 bridgehead atoms. The minimum absolute atomic E-state index is 0.0582. The molecule has 2 N–H and O–H groups in total. The Balaban J connectivity index is 1.70. The van der Waals surface area contributed by atoms with Gasteiger partial charge in [0.05, 0.1) is 16.7 Å². The van der Waals surface area contributed by atoms with E-state index < -0.39 is 16.9 Å². The van der Waals surface area contributed by atoms with E-state index in [9.17, 15) is 20.0 Å². The number of carbonyl (C=O) groups excluding carboxylic acids is 1. The topological polar surface area (TPSA) is 118 Å². The van der Waals surface area contributed by atoms with Crippen molar-refractivity contribution in [3.05, 3.63) is 87.7 Å². The predicted molar refractivity (Wildman–Crippen MR) is 103 cm³/mol. The number of hydrazone groups is 1. The van der Waals surface area contributed by atoms with Crippen LogP contribution in [0.5, 0.6) is 0 Å². The van der Waals surface area contributed by atoms with Crippen molar-refractivity contribution in [2.24, 2.45) is 5.10 Å². The van der Waals surface area contributed by atoms with Gasteiger partial charge < -0.3 is 9.52 Å². The Labute approximate surface area is 160 Å². The van der Waals surface area contributed by atoms with Crippen molar-refractivity contribution in [1.82, 2.24) is 5.43 Å². The second-order valence-corrected chi connectivity index (χ2v) is 6.03. The standard InChI is InChI=1S/C20H17N3O5/c1-13-7-9-16(17(11-13)23(26)27)18-10-8-15(28-18)12-21-22-20(25)19(24)14-5-3-2-4-6-14/h2-12,19,24H,1H3,(H,22,25)/b21-12-/t19-/m0/s1. The first-order valence-electron chi connectivity index (χ1n) is 8.37. The monoisotopic (exact) mass is 379 g/mol. The summed E-state index contributed by atoms with van der Waals surface area (Å²) in [7, 11) is 0. The highest BCUT2D eigenvalue weighted by Gasteiger charge is 2.18. The number of benzene rings is 2. The van der Waals surface area contributed by atoms with Gasteiger partial charge in [0, 0.05) is 6.07 Å². The fraction of sp³-hybridized carbons (Fsp3) is 0.100.